The standard InChI is InChI=1S/C11H14ClN3O2/c1-2-17-11(16)7-15(8-3-4-8)10-6-5-9(12)13-14-10/h5-6,8H,2-4,7H2,1H3. The van der Waals surface area contributed by atoms with Gasteiger partial charge in [0.05, 0.1) is 6.61 Å². The Morgan fingerprint density at radius 1 is 1.53 bits per heavy atom. The van der Waals surface area contributed by atoms with Gasteiger partial charge in [-0.25, -0.2) is 0 Å². The van der Waals surface area contributed by atoms with Crippen LogP contribution in [0.5, 0.6) is 0 Å². The molecule has 0 unspecified atom stereocenters. The zero-order valence-corrected chi connectivity index (χ0v) is 10.4. The molecule has 1 aliphatic carbocycles. The second-order valence-corrected chi connectivity index (χ2v) is 4.27. The molecule has 0 spiro atoms. The van der Waals surface area contributed by atoms with Crippen molar-refractivity contribution in [3.05, 3.63) is 17.3 Å². The quantitative estimate of drug-likeness (QED) is 0.749. The van der Waals surface area contributed by atoms with E-state index in [9.17, 15) is 4.79 Å². The molecule has 6 heteroatoms. The van der Waals surface area contributed by atoms with Gasteiger partial charge >= 0.3 is 5.97 Å². The van der Waals surface area contributed by atoms with Gasteiger partial charge in [0.15, 0.2) is 11.0 Å². The average molecular weight is 256 g/mol. The summed E-state index contributed by atoms with van der Waals surface area (Å²) in [6, 6.07) is 3.81. The number of carbonyl (C=O) groups is 1. The van der Waals surface area contributed by atoms with Gasteiger partial charge in [0.1, 0.15) is 6.54 Å². The van der Waals surface area contributed by atoms with Gasteiger partial charge in [0, 0.05) is 6.04 Å². The Hall–Kier alpha value is -1.36. The second-order valence-electron chi connectivity index (χ2n) is 3.88. The number of carbonyl (C=O) groups excluding carboxylic acids is 1. The number of ether oxygens (including phenoxy) is 1. The molecule has 1 fully saturated rings. The minimum Gasteiger partial charge on any atom is -0.465 e. The van der Waals surface area contributed by atoms with Gasteiger partial charge in [-0.2, -0.15) is 0 Å². The Morgan fingerprint density at radius 2 is 2.29 bits per heavy atom. The van der Waals surface area contributed by atoms with E-state index >= 15 is 0 Å². The summed E-state index contributed by atoms with van der Waals surface area (Å²) < 4.78 is 4.94. The number of rotatable bonds is 5. The summed E-state index contributed by atoms with van der Waals surface area (Å²) >= 11 is 5.68. The molecule has 1 aromatic heterocycles. The molecule has 92 valence electrons. The van der Waals surface area contributed by atoms with E-state index in [1.54, 1.807) is 19.1 Å². The van der Waals surface area contributed by atoms with Crippen molar-refractivity contribution in [2.24, 2.45) is 0 Å². The fraction of sp³-hybridized carbons (Fsp3) is 0.545. The van der Waals surface area contributed by atoms with Gasteiger partial charge in [0.2, 0.25) is 0 Å². The van der Waals surface area contributed by atoms with Crippen LogP contribution in [-0.2, 0) is 9.53 Å². The van der Waals surface area contributed by atoms with Crippen molar-refractivity contribution in [3.63, 3.8) is 0 Å². The number of nitrogens with zero attached hydrogens (tertiary/aromatic N) is 3. The number of hydrogen-bond donors (Lipinski definition) is 0. The molecule has 1 saturated carbocycles. The molecule has 0 aliphatic heterocycles. The smallest absolute Gasteiger partial charge is 0.325 e. The molecule has 5 nitrogen and oxygen atoms in total. The van der Waals surface area contributed by atoms with Crippen LogP contribution in [0, 0.1) is 0 Å². The largest absolute Gasteiger partial charge is 0.465 e. The average Bonchev–Trinajstić information content (AvgIpc) is 3.12. The lowest BCUT2D eigenvalue weighted by Gasteiger charge is -2.21. The summed E-state index contributed by atoms with van der Waals surface area (Å²) in [5.74, 6) is 0.432. The molecule has 1 aliphatic rings. The monoisotopic (exact) mass is 255 g/mol. The van der Waals surface area contributed by atoms with Gasteiger partial charge < -0.3 is 9.64 Å². The third-order valence-corrected chi connectivity index (χ3v) is 2.71. The highest BCUT2D eigenvalue weighted by Gasteiger charge is 2.31. The van der Waals surface area contributed by atoms with Crippen molar-refractivity contribution in [2.75, 3.05) is 18.1 Å². The van der Waals surface area contributed by atoms with E-state index < -0.39 is 0 Å². The van der Waals surface area contributed by atoms with Crippen LogP contribution in [0.2, 0.25) is 5.15 Å². The summed E-state index contributed by atoms with van der Waals surface area (Å²) in [5, 5.41) is 8.12. The SMILES string of the molecule is CCOC(=O)CN(c1ccc(Cl)nn1)C1CC1. The lowest BCUT2D eigenvalue weighted by Crippen LogP contribution is -2.33. The molecular weight excluding hydrogens is 242 g/mol. The van der Waals surface area contributed by atoms with Crippen LogP contribution in [-0.4, -0.2) is 35.4 Å². The van der Waals surface area contributed by atoms with E-state index in [-0.39, 0.29) is 12.5 Å². The maximum absolute atomic E-state index is 11.5. The van der Waals surface area contributed by atoms with Gasteiger partial charge in [0.25, 0.3) is 0 Å². The third kappa shape index (κ3) is 3.30. The first-order valence-electron chi connectivity index (χ1n) is 5.62. The van der Waals surface area contributed by atoms with Gasteiger partial charge in [-0.3, -0.25) is 4.79 Å². The first-order chi connectivity index (χ1) is 8.20. The normalized spacial score (nSPS) is 14.5. The van der Waals surface area contributed by atoms with E-state index in [1.807, 2.05) is 4.90 Å². The van der Waals surface area contributed by atoms with Crippen LogP contribution in [0.15, 0.2) is 12.1 Å². The van der Waals surface area contributed by atoms with E-state index in [2.05, 4.69) is 10.2 Å². The highest BCUT2D eigenvalue weighted by Crippen LogP contribution is 2.30. The molecule has 0 radical (unpaired) electrons. The molecule has 0 amide bonds. The Bertz CT molecular complexity index is 392. The summed E-state index contributed by atoms with van der Waals surface area (Å²) in [6.45, 7) is 2.40. The van der Waals surface area contributed by atoms with Crippen molar-refractivity contribution in [2.45, 2.75) is 25.8 Å². The van der Waals surface area contributed by atoms with E-state index in [0.29, 0.717) is 23.6 Å². The predicted octanol–water partition coefficient (Wildman–Crippen LogP) is 1.66. The maximum Gasteiger partial charge on any atom is 0.325 e. The minimum atomic E-state index is -0.240. The molecule has 0 bridgehead atoms. The van der Waals surface area contributed by atoms with Gasteiger partial charge in [-0.15, -0.1) is 10.2 Å². The predicted molar refractivity (Wildman–Crippen MR) is 64.0 cm³/mol. The highest BCUT2D eigenvalue weighted by atomic mass is 35.5. The van der Waals surface area contributed by atoms with Crippen molar-refractivity contribution in [1.82, 2.24) is 10.2 Å². The molecule has 0 aromatic carbocycles. The van der Waals surface area contributed by atoms with Crippen molar-refractivity contribution >= 4 is 23.4 Å². The van der Waals surface area contributed by atoms with Crippen LogP contribution in [0.4, 0.5) is 5.82 Å². The summed E-state index contributed by atoms with van der Waals surface area (Å²) in [7, 11) is 0. The number of anilines is 1. The van der Waals surface area contributed by atoms with Gasteiger partial charge in [-0.1, -0.05) is 11.6 Å². The lowest BCUT2D eigenvalue weighted by atomic mass is 10.4. The van der Waals surface area contributed by atoms with E-state index in [0.717, 1.165) is 12.8 Å². The Morgan fingerprint density at radius 3 is 2.82 bits per heavy atom. The second kappa shape index (κ2) is 5.31. The Labute approximate surface area is 105 Å². The molecule has 17 heavy (non-hydrogen) atoms. The lowest BCUT2D eigenvalue weighted by molar-refractivity contribution is -0.141. The van der Waals surface area contributed by atoms with Crippen LogP contribution in [0.1, 0.15) is 19.8 Å². The fourth-order valence-electron chi connectivity index (χ4n) is 1.59. The van der Waals surface area contributed by atoms with Crippen LogP contribution in [0.3, 0.4) is 0 Å². The maximum atomic E-state index is 11.5. The van der Waals surface area contributed by atoms with Gasteiger partial charge in [-0.05, 0) is 31.9 Å². The topological polar surface area (TPSA) is 55.3 Å². The number of hydrogen-bond acceptors (Lipinski definition) is 5. The van der Waals surface area contributed by atoms with E-state index in [1.165, 1.54) is 0 Å². The fourth-order valence-corrected chi connectivity index (χ4v) is 1.69. The number of halogens is 1. The van der Waals surface area contributed by atoms with Crippen LogP contribution in [0.25, 0.3) is 0 Å². The summed E-state index contributed by atoms with van der Waals surface area (Å²) in [4.78, 5) is 13.4. The summed E-state index contributed by atoms with van der Waals surface area (Å²) in [5.41, 5.74) is 0. The molecular formula is C11H14ClN3O2. The number of esters is 1. The zero-order valence-electron chi connectivity index (χ0n) is 9.60. The van der Waals surface area contributed by atoms with E-state index in [4.69, 9.17) is 16.3 Å². The summed E-state index contributed by atoms with van der Waals surface area (Å²) in [6.07, 6.45) is 2.15. The zero-order chi connectivity index (χ0) is 12.3. The molecule has 0 N–H and O–H groups in total. The van der Waals surface area contributed by atoms with Crippen LogP contribution >= 0.6 is 11.6 Å². The van der Waals surface area contributed by atoms with Crippen molar-refractivity contribution in [3.8, 4) is 0 Å². The van der Waals surface area contributed by atoms with Crippen molar-refractivity contribution < 1.29 is 9.53 Å². The first kappa shape index (κ1) is 12.1. The third-order valence-electron chi connectivity index (χ3n) is 2.50. The molecule has 1 aromatic rings. The first-order valence-corrected chi connectivity index (χ1v) is 6.00. The molecule has 1 heterocycles. The Kier molecular flexibility index (Phi) is 3.78. The van der Waals surface area contributed by atoms with Crippen molar-refractivity contribution in [1.29, 1.82) is 0 Å². The Balaban J connectivity index is 2.06. The van der Waals surface area contributed by atoms with Crippen LogP contribution < -0.4 is 4.90 Å². The molecule has 0 atom stereocenters. The number of aromatic nitrogens is 2. The molecule has 0 saturated heterocycles. The molecule has 2 rings (SSSR count). The minimum absolute atomic E-state index is 0.217. The highest BCUT2D eigenvalue weighted by molar-refractivity contribution is 6.29.